The Balaban J connectivity index is 1.94. The molecule has 0 radical (unpaired) electrons. The van der Waals surface area contributed by atoms with Crippen LogP contribution in [-0.2, 0) is 26.6 Å². The van der Waals surface area contributed by atoms with Gasteiger partial charge in [0.25, 0.3) is 0 Å². The van der Waals surface area contributed by atoms with Gasteiger partial charge >= 0.3 is 0 Å². The lowest BCUT2D eigenvalue weighted by Gasteiger charge is -2.07. The second-order valence-corrected chi connectivity index (χ2v) is 4.52. The number of hydrogen-bond donors (Lipinski definition) is 1. The summed E-state index contributed by atoms with van der Waals surface area (Å²) in [5, 5.41) is 12.3. The van der Waals surface area contributed by atoms with Crippen molar-refractivity contribution in [3.05, 3.63) is 53.1 Å². The summed E-state index contributed by atoms with van der Waals surface area (Å²) >= 11 is 0. The van der Waals surface area contributed by atoms with E-state index in [1.54, 1.807) is 0 Å². The second kappa shape index (κ2) is 6.17. The van der Waals surface area contributed by atoms with Crippen LogP contribution in [0.25, 0.3) is 0 Å². The van der Waals surface area contributed by atoms with Gasteiger partial charge in [0.15, 0.2) is 0 Å². The van der Waals surface area contributed by atoms with Gasteiger partial charge in [-0.1, -0.05) is 13.0 Å². The Hall–Kier alpha value is -2.12. The molecule has 4 nitrogen and oxygen atoms in total. The first-order valence-electron chi connectivity index (χ1n) is 6.43. The molecule has 2 aromatic rings. The molecular formula is C15H18N4. The number of hydrogen-bond acceptors (Lipinski definition) is 3. The molecule has 0 aliphatic heterocycles. The third-order valence-corrected chi connectivity index (χ3v) is 3.16. The summed E-state index contributed by atoms with van der Waals surface area (Å²) in [6.45, 7) is 3.63. The van der Waals surface area contributed by atoms with Crippen molar-refractivity contribution in [1.29, 1.82) is 5.26 Å². The van der Waals surface area contributed by atoms with Crippen molar-refractivity contribution in [3.63, 3.8) is 0 Å². The van der Waals surface area contributed by atoms with Crippen molar-refractivity contribution < 1.29 is 0 Å². The quantitative estimate of drug-likeness (QED) is 0.889. The first-order chi connectivity index (χ1) is 9.24. The molecule has 0 spiro atoms. The summed E-state index contributed by atoms with van der Waals surface area (Å²) < 4.78 is 1.84. The van der Waals surface area contributed by atoms with Gasteiger partial charge in [-0.15, -0.1) is 0 Å². The number of aryl methyl sites for hydroxylation is 2. The Morgan fingerprint density at radius 3 is 2.95 bits per heavy atom. The Morgan fingerprint density at radius 1 is 1.42 bits per heavy atom. The summed E-state index contributed by atoms with van der Waals surface area (Å²) in [5.41, 5.74) is 4.18. The van der Waals surface area contributed by atoms with E-state index in [2.05, 4.69) is 29.4 Å². The highest BCUT2D eigenvalue weighted by Gasteiger charge is 2.04. The van der Waals surface area contributed by atoms with E-state index in [1.165, 1.54) is 5.56 Å². The van der Waals surface area contributed by atoms with Crippen LogP contribution < -0.4 is 5.32 Å². The molecule has 0 aliphatic carbocycles. The molecule has 1 N–H and O–H groups in total. The largest absolute Gasteiger partial charge is 0.342 e. The molecule has 19 heavy (non-hydrogen) atoms. The van der Waals surface area contributed by atoms with Crippen LogP contribution in [0.1, 0.15) is 29.4 Å². The van der Waals surface area contributed by atoms with E-state index in [9.17, 15) is 0 Å². The molecule has 2 heterocycles. The van der Waals surface area contributed by atoms with E-state index in [0.717, 1.165) is 30.8 Å². The standard InChI is InChI=1S/C15H18N4/c1-3-13-5-4-6-18-15(13)10-17-9-12-7-14(8-16)19(2)11-12/h4-7,11,17H,3,9-10H2,1-2H3. The molecule has 0 saturated carbocycles. The van der Waals surface area contributed by atoms with E-state index >= 15 is 0 Å². The van der Waals surface area contributed by atoms with Gasteiger partial charge < -0.3 is 9.88 Å². The van der Waals surface area contributed by atoms with Gasteiger partial charge in [0.1, 0.15) is 11.8 Å². The SMILES string of the molecule is CCc1cccnc1CNCc1cc(C#N)n(C)c1. The van der Waals surface area contributed by atoms with Crippen molar-refractivity contribution in [2.45, 2.75) is 26.4 Å². The molecule has 0 aliphatic rings. The molecule has 0 bridgehead atoms. The summed E-state index contributed by atoms with van der Waals surface area (Å²) in [7, 11) is 1.88. The normalized spacial score (nSPS) is 10.4. The third kappa shape index (κ3) is 3.21. The predicted molar refractivity (Wildman–Crippen MR) is 74.3 cm³/mol. The first-order valence-corrected chi connectivity index (χ1v) is 6.43. The smallest absolute Gasteiger partial charge is 0.120 e. The molecule has 0 amide bonds. The molecule has 2 rings (SSSR count). The molecule has 2 aromatic heterocycles. The van der Waals surface area contributed by atoms with Gasteiger partial charge in [0.2, 0.25) is 0 Å². The van der Waals surface area contributed by atoms with Crippen LogP contribution in [-0.4, -0.2) is 9.55 Å². The van der Waals surface area contributed by atoms with Crippen molar-refractivity contribution in [2.24, 2.45) is 7.05 Å². The highest BCUT2D eigenvalue weighted by Crippen LogP contribution is 2.08. The fourth-order valence-electron chi connectivity index (χ4n) is 2.12. The maximum absolute atomic E-state index is 8.90. The van der Waals surface area contributed by atoms with Crippen LogP contribution >= 0.6 is 0 Å². The molecule has 0 fully saturated rings. The van der Waals surface area contributed by atoms with Crippen molar-refractivity contribution in [2.75, 3.05) is 0 Å². The van der Waals surface area contributed by atoms with E-state index in [-0.39, 0.29) is 0 Å². The van der Waals surface area contributed by atoms with Crippen LogP contribution in [0.4, 0.5) is 0 Å². The minimum absolute atomic E-state index is 0.684. The molecule has 0 aromatic carbocycles. The summed E-state index contributed by atoms with van der Waals surface area (Å²) in [5.74, 6) is 0. The zero-order valence-corrected chi connectivity index (χ0v) is 11.3. The lowest BCUT2D eigenvalue weighted by Crippen LogP contribution is -2.14. The van der Waals surface area contributed by atoms with Crippen LogP contribution in [0.2, 0.25) is 0 Å². The Bertz CT molecular complexity index is 592. The third-order valence-electron chi connectivity index (χ3n) is 3.16. The zero-order valence-electron chi connectivity index (χ0n) is 11.3. The lowest BCUT2D eigenvalue weighted by atomic mass is 10.1. The Labute approximate surface area is 113 Å². The van der Waals surface area contributed by atoms with Crippen LogP contribution in [0.15, 0.2) is 30.6 Å². The average Bonchev–Trinajstić information content (AvgIpc) is 2.79. The van der Waals surface area contributed by atoms with Crippen LogP contribution in [0, 0.1) is 11.3 Å². The van der Waals surface area contributed by atoms with E-state index in [0.29, 0.717) is 5.69 Å². The number of nitrogens with zero attached hydrogens (tertiary/aromatic N) is 3. The highest BCUT2D eigenvalue weighted by molar-refractivity contribution is 5.28. The topological polar surface area (TPSA) is 53.6 Å². The summed E-state index contributed by atoms with van der Waals surface area (Å²) in [4.78, 5) is 4.40. The lowest BCUT2D eigenvalue weighted by molar-refractivity contribution is 0.672. The van der Waals surface area contributed by atoms with Crippen molar-refractivity contribution >= 4 is 0 Å². The Morgan fingerprint density at radius 2 is 2.26 bits per heavy atom. The van der Waals surface area contributed by atoms with Gasteiger partial charge in [-0.25, -0.2) is 0 Å². The van der Waals surface area contributed by atoms with E-state index < -0.39 is 0 Å². The van der Waals surface area contributed by atoms with Crippen molar-refractivity contribution in [1.82, 2.24) is 14.9 Å². The van der Waals surface area contributed by atoms with Gasteiger partial charge in [0.05, 0.1) is 5.69 Å². The molecular weight excluding hydrogens is 236 g/mol. The predicted octanol–water partition coefficient (Wildman–Crippen LogP) is 2.14. The van der Waals surface area contributed by atoms with E-state index in [1.807, 2.05) is 36.1 Å². The Kier molecular flexibility index (Phi) is 4.32. The average molecular weight is 254 g/mol. The number of pyridine rings is 1. The fraction of sp³-hybridized carbons (Fsp3) is 0.333. The monoisotopic (exact) mass is 254 g/mol. The maximum Gasteiger partial charge on any atom is 0.120 e. The first kappa shape index (κ1) is 13.3. The van der Waals surface area contributed by atoms with Crippen LogP contribution in [0.3, 0.4) is 0 Å². The molecule has 4 heteroatoms. The van der Waals surface area contributed by atoms with Gasteiger partial charge in [0, 0.05) is 32.5 Å². The highest BCUT2D eigenvalue weighted by atomic mass is 14.9. The van der Waals surface area contributed by atoms with Gasteiger partial charge in [-0.2, -0.15) is 5.26 Å². The van der Waals surface area contributed by atoms with Gasteiger partial charge in [-0.05, 0) is 29.7 Å². The fourth-order valence-corrected chi connectivity index (χ4v) is 2.12. The number of nitriles is 1. The number of rotatable bonds is 5. The van der Waals surface area contributed by atoms with Crippen LogP contribution in [0.5, 0.6) is 0 Å². The minimum atomic E-state index is 0.684. The maximum atomic E-state index is 8.90. The number of aromatic nitrogens is 2. The second-order valence-electron chi connectivity index (χ2n) is 4.52. The molecule has 0 atom stereocenters. The van der Waals surface area contributed by atoms with E-state index in [4.69, 9.17) is 5.26 Å². The zero-order chi connectivity index (χ0) is 13.7. The number of nitrogens with one attached hydrogen (secondary N) is 1. The summed E-state index contributed by atoms with van der Waals surface area (Å²) in [6, 6.07) is 8.16. The molecule has 0 saturated heterocycles. The molecule has 98 valence electrons. The van der Waals surface area contributed by atoms with Crippen molar-refractivity contribution in [3.8, 4) is 6.07 Å². The minimum Gasteiger partial charge on any atom is -0.342 e. The molecule has 0 unspecified atom stereocenters. The van der Waals surface area contributed by atoms with Gasteiger partial charge in [-0.3, -0.25) is 4.98 Å². The summed E-state index contributed by atoms with van der Waals surface area (Å²) in [6.07, 6.45) is 4.80.